The molecule has 1 saturated heterocycles. The average molecular weight is 345 g/mol. The number of carbonyl (C=O) groups excluding carboxylic acids is 1. The second kappa shape index (κ2) is 6.83. The van der Waals surface area contributed by atoms with Gasteiger partial charge in [-0.2, -0.15) is 0 Å². The number of nitrogens with one attached hydrogen (secondary N) is 1. The Labute approximate surface area is 147 Å². The number of urea groups is 1. The third-order valence-electron chi connectivity index (χ3n) is 4.21. The Balaban J connectivity index is 1.77. The molecule has 0 aliphatic carbocycles. The Morgan fingerprint density at radius 3 is 2.67 bits per heavy atom. The molecule has 0 bridgehead atoms. The molecule has 1 atom stereocenters. The van der Waals surface area contributed by atoms with Crippen molar-refractivity contribution in [2.75, 3.05) is 18.5 Å². The number of carbonyl (C=O) groups is 1. The molecule has 1 unspecified atom stereocenters. The second-order valence-corrected chi connectivity index (χ2v) is 7.01. The zero-order chi connectivity index (χ0) is 17.2. The molecule has 4 nitrogen and oxygen atoms in total. The number of halogens is 1. The molecule has 2 aromatic rings. The molecule has 126 valence electrons. The number of amides is 2. The van der Waals surface area contributed by atoms with Crippen molar-refractivity contribution in [3.8, 4) is 0 Å². The van der Waals surface area contributed by atoms with Crippen LogP contribution in [0.5, 0.6) is 0 Å². The number of nitrogens with zero attached hydrogens (tertiary/aromatic N) is 1. The lowest BCUT2D eigenvalue weighted by atomic mass is 9.98. The van der Waals surface area contributed by atoms with Gasteiger partial charge in [-0.15, -0.1) is 0 Å². The number of hydrogen-bond acceptors (Lipinski definition) is 2. The van der Waals surface area contributed by atoms with Gasteiger partial charge in [0.25, 0.3) is 0 Å². The summed E-state index contributed by atoms with van der Waals surface area (Å²) in [6, 6.07) is 16.9. The van der Waals surface area contributed by atoms with Gasteiger partial charge in [0.15, 0.2) is 0 Å². The molecule has 0 saturated carbocycles. The maximum Gasteiger partial charge on any atom is 0.322 e. The maximum absolute atomic E-state index is 12.8. The van der Waals surface area contributed by atoms with E-state index in [4.69, 9.17) is 16.3 Å². The fraction of sp³-hybridized carbons (Fsp3) is 0.316. The van der Waals surface area contributed by atoms with E-state index in [9.17, 15) is 4.79 Å². The van der Waals surface area contributed by atoms with E-state index >= 15 is 0 Å². The second-order valence-electron chi connectivity index (χ2n) is 6.57. The van der Waals surface area contributed by atoms with Crippen LogP contribution in [0.2, 0.25) is 5.02 Å². The highest BCUT2D eigenvalue weighted by molar-refractivity contribution is 6.30. The topological polar surface area (TPSA) is 41.6 Å². The molecule has 0 spiro atoms. The van der Waals surface area contributed by atoms with E-state index in [1.54, 1.807) is 0 Å². The van der Waals surface area contributed by atoms with Crippen molar-refractivity contribution < 1.29 is 9.53 Å². The molecule has 1 fully saturated rings. The summed E-state index contributed by atoms with van der Waals surface area (Å²) in [5.74, 6) is 0. The summed E-state index contributed by atoms with van der Waals surface area (Å²) in [4.78, 5) is 14.6. The van der Waals surface area contributed by atoms with Crippen LogP contribution in [-0.2, 0) is 4.74 Å². The standard InChI is InChI=1S/C19H21ClN2O2/c1-19(2)13-24-17(14-7-6-8-15(20)11-14)12-22(19)18(23)21-16-9-4-3-5-10-16/h3-11,17H,12-13H2,1-2H3,(H,21,23). The van der Waals surface area contributed by atoms with Crippen molar-refractivity contribution in [1.29, 1.82) is 0 Å². The van der Waals surface area contributed by atoms with Crippen molar-refractivity contribution >= 4 is 23.3 Å². The fourth-order valence-electron chi connectivity index (χ4n) is 2.83. The van der Waals surface area contributed by atoms with Crippen LogP contribution in [0.15, 0.2) is 54.6 Å². The lowest BCUT2D eigenvalue weighted by Crippen LogP contribution is -2.57. The molecular formula is C19H21ClN2O2. The van der Waals surface area contributed by atoms with Gasteiger partial charge in [0.2, 0.25) is 0 Å². The van der Waals surface area contributed by atoms with Gasteiger partial charge < -0.3 is 15.0 Å². The number of anilines is 1. The van der Waals surface area contributed by atoms with E-state index in [1.807, 2.05) is 73.3 Å². The number of benzene rings is 2. The molecule has 2 amide bonds. The van der Waals surface area contributed by atoms with Crippen LogP contribution in [0, 0.1) is 0 Å². The first-order chi connectivity index (χ1) is 11.5. The molecule has 5 heteroatoms. The lowest BCUT2D eigenvalue weighted by Gasteiger charge is -2.45. The summed E-state index contributed by atoms with van der Waals surface area (Å²) in [7, 11) is 0. The van der Waals surface area contributed by atoms with Crippen LogP contribution in [0.4, 0.5) is 10.5 Å². The van der Waals surface area contributed by atoms with E-state index in [2.05, 4.69) is 5.32 Å². The minimum atomic E-state index is -0.381. The van der Waals surface area contributed by atoms with Crippen LogP contribution in [-0.4, -0.2) is 29.6 Å². The third-order valence-corrected chi connectivity index (χ3v) is 4.44. The molecule has 1 aliphatic rings. The third kappa shape index (κ3) is 3.71. The average Bonchev–Trinajstić information content (AvgIpc) is 2.55. The predicted octanol–water partition coefficient (Wildman–Crippen LogP) is 4.72. The zero-order valence-corrected chi connectivity index (χ0v) is 14.6. The van der Waals surface area contributed by atoms with Gasteiger partial charge in [-0.05, 0) is 43.7 Å². The highest BCUT2D eigenvalue weighted by Crippen LogP contribution is 2.31. The number of ether oxygens (including phenoxy) is 1. The van der Waals surface area contributed by atoms with Gasteiger partial charge in [0.1, 0.15) is 6.10 Å². The van der Waals surface area contributed by atoms with Gasteiger partial charge in [-0.3, -0.25) is 0 Å². The van der Waals surface area contributed by atoms with E-state index in [1.165, 1.54) is 0 Å². The highest BCUT2D eigenvalue weighted by atomic mass is 35.5. The Hall–Kier alpha value is -2.04. The predicted molar refractivity (Wildman–Crippen MR) is 96.4 cm³/mol. The van der Waals surface area contributed by atoms with Crippen molar-refractivity contribution in [2.45, 2.75) is 25.5 Å². The Bertz CT molecular complexity index is 718. The number of para-hydroxylation sites is 1. The van der Waals surface area contributed by atoms with Crippen LogP contribution in [0.3, 0.4) is 0 Å². The first-order valence-electron chi connectivity index (χ1n) is 7.96. The van der Waals surface area contributed by atoms with Crippen molar-refractivity contribution in [2.24, 2.45) is 0 Å². The monoisotopic (exact) mass is 344 g/mol. The van der Waals surface area contributed by atoms with E-state index in [0.29, 0.717) is 18.2 Å². The number of rotatable bonds is 2. The first-order valence-corrected chi connectivity index (χ1v) is 8.34. The Kier molecular flexibility index (Phi) is 4.78. The molecule has 2 aromatic carbocycles. The number of hydrogen-bond donors (Lipinski definition) is 1. The van der Waals surface area contributed by atoms with E-state index in [0.717, 1.165) is 11.3 Å². The van der Waals surface area contributed by atoms with Gasteiger partial charge in [-0.25, -0.2) is 4.79 Å². The van der Waals surface area contributed by atoms with Crippen LogP contribution < -0.4 is 5.32 Å². The lowest BCUT2D eigenvalue weighted by molar-refractivity contribution is -0.0783. The molecule has 0 radical (unpaired) electrons. The zero-order valence-electron chi connectivity index (χ0n) is 13.8. The fourth-order valence-corrected chi connectivity index (χ4v) is 3.03. The molecule has 24 heavy (non-hydrogen) atoms. The SMILES string of the molecule is CC1(C)COC(c2cccc(Cl)c2)CN1C(=O)Nc1ccccc1. The van der Waals surface area contributed by atoms with Crippen LogP contribution in [0.1, 0.15) is 25.5 Å². The van der Waals surface area contributed by atoms with Crippen LogP contribution >= 0.6 is 11.6 Å². The molecule has 1 N–H and O–H groups in total. The summed E-state index contributed by atoms with van der Waals surface area (Å²) < 4.78 is 5.98. The van der Waals surface area contributed by atoms with Gasteiger partial charge >= 0.3 is 6.03 Å². The van der Waals surface area contributed by atoms with E-state index in [-0.39, 0.29) is 17.7 Å². The number of morpholine rings is 1. The van der Waals surface area contributed by atoms with E-state index < -0.39 is 0 Å². The largest absolute Gasteiger partial charge is 0.369 e. The van der Waals surface area contributed by atoms with Gasteiger partial charge in [-0.1, -0.05) is 41.9 Å². The van der Waals surface area contributed by atoms with Crippen molar-refractivity contribution in [3.63, 3.8) is 0 Å². The molecular weight excluding hydrogens is 324 g/mol. The highest BCUT2D eigenvalue weighted by Gasteiger charge is 2.38. The summed E-state index contributed by atoms with van der Waals surface area (Å²) in [5.41, 5.74) is 1.38. The van der Waals surface area contributed by atoms with Crippen molar-refractivity contribution in [1.82, 2.24) is 4.90 Å². The minimum Gasteiger partial charge on any atom is -0.369 e. The normalized spacial score (nSPS) is 19.8. The van der Waals surface area contributed by atoms with Gasteiger partial charge in [0, 0.05) is 10.7 Å². The summed E-state index contributed by atoms with van der Waals surface area (Å²) in [6.45, 7) is 4.95. The minimum absolute atomic E-state index is 0.124. The summed E-state index contributed by atoms with van der Waals surface area (Å²) in [5, 5.41) is 3.62. The first kappa shape index (κ1) is 16.8. The molecule has 1 aliphatic heterocycles. The molecule has 3 rings (SSSR count). The van der Waals surface area contributed by atoms with Crippen molar-refractivity contribution in [3.05, 3.63) is 65.2 Å². The van der Waals surface area contributed by atoms with Gasteiger partial charge in [0.05, 0.1) is 18.7 Å². The maximum atomic E-state index is 12.8. The Morgan fingerprint density at radius 1 is 1.21 bits per heavy atom. The Morgan fingerprint density at radius 2 is 1.96 bits per heavy atom. The summed E-state index contributed by atoms with van der Waals surface area (Å²) in [6.07, 6.45) is -0.182. The molecule has 1 heterocycles. The summed E-state index contributed by atoms with van der Waals surface area (Å²) >= 11 is 6.08. The van der Waals surface area contributed by atoms with Crippen LogP contribution in [0.25, 0.3) is 0 Å². The molecule has 0 aromatic heterocycles. The quantitative estimate of drug-likeness (QED) is 0.856. The smallest absolute Gasteiger partial charge is 0.322 e.